The topological polar surface area (TPSA) is 125 Å². The van der Waals surface area contributed by atoms with Crippen molar-refractivity contribution >= 4 is 34.1 Å². The zero-order valence-corrected chi connectivity index (χ0v) is 13.5. The molecule has 0 aliphatic heterocycles. The van der Waals surface area contributed by atoms with E-state index in [0.717, 1.165) is 16.9 Å². The lowest BCUT2D eigenvalue weighted by molar-refractivity contribution is -0.146. The smallest absolute Gasteiger partial charge is 0.308 e. The molecule has 0 saturated carbocycles. The molecule has 1 aromatic carbocycles. The Morgan fingerprint density at radius 3 is 2.54 bits per heavy atom. The lowest BCUT2D eigenvalue weighted by Gasteiger charge is -2.12. The lowest BCUT2D eigenvalue weighted by atomic mass is 10.2. The highest BCUT2D eigenvalue weighted by Crippen LogP contribution is 2.22. The maximum absolute atomic E-state index is 12.0. The van der Waals surface area contributed by atoms with E-state index >= 15 is 0 Å². The van der Waals surface area contributed by atoms with Crippen molar-refractivity contribution in [2.75, 3.05) is 5.32 Å². The summed E-state index contributed by atoms with van der Waals surface area (Å²) in [5.41, 5.74) is 11.9. The van der Waals surface area contributed by atoms with E-state index in [1.807, 2.05) is 30.3 Å². The van der Waals surface area contributed by atoms with Gasteiger partial charge in [0.15, 0.2) is 0 Å². The molecule has 0 spiro atoms. The van der Waals surface area contributed by atoms with Crippen LogP contribution in [0.25, 0.3) is 0 Å². The molecule has 8 heteroatoms. The number of primary amides is 1. The number of ether oxygens (including phenoxy) is 1. The van der Waals surface area contributed by atoms with Gasteiger partial charge in [-0.25, -0.2) is 0 Å². The Balaban J connectivity index is 1.83. The minimum Gasteiger partial charge on any atom is -0.461 e. The Bertz CT molecular complexity index is 730. The van der Waals surface area contributed by atoms with Crippen LogP contribution in [0.15, 0.2) is 41.8 Å². The van der Waals surface area contributed by atoms with E-state index in [0.29, 0.717) is 5.00 Å². The molecule has 7 nitrogen and oxygen atoms in total. The zero-order valence-electron chi connectivity index (χ0n) is 12.7. The number of benzene rings is 1. The number of amides is 2. The first kappa shape index (κ1) is 17.6. The number of hydrogen-bond donors (Lipinski definition) is 3. The zero-order chi connectivity index (χ0) is 17.5. The minimum absolute atomic E-state index is 0.116. The second-order valence-electron chi connectivity index (χ2n) is 4.97. The molecular formula is C16H17N3O4S. The van der Waals surface area contributed by atoms with Crippen molar-refractivity contribution in [1.82, 2.24) is 0 Å². The van der Waals surface area contributed by atoms with Crippen molar-refractivity contribution in [2.24, 2.45) is 11.5 Å². The van der Waals surface area contributed by atoms with Gasteiger partial charge in [0, 0.05) is 0 Å². The van der Waals surface area contributed by atoms with Crippen molar-refractivity contribution in [3.05, 3.63) is 52.9 Å². The highest BCUT2D eigenvalue weighted by molar-refractivity contribution is 7.14. The molecular weight excluding hydrogens is 330 g/mol. The highest BCUT2D eigenvalue weighted by Gasteiger charge is 2.21. The van der Waals surface area contributed by atoms with Crippen LogP contribution in [0.4, 0.5) is 5.00 Å². The Hall–Kier alpha value is -2.71. The fourth-order valence-electron chi connectivity index (χ4n) is 1.87. The summed E-state index contributed by atoms with van der Waals surface area (Å²) in [5.74, 6) is -1.82. The molecule has 1 atom stereocenters. The lowest BCUT2D eigenvalue weighted by Crippen LogP contribution is -2.38. The van der Waals surface area contributed by atoms with Crippen LogP contribution in [-0.4, -0.2) is 23.8 Å². The Kier molecular flexibility index (Phi) is 6.05. The van der Waals surface area contributed by atoms with Gasteiger partial charge in [-0.1, -0.05) is 30.3 Å². The van der Waals surface area contributed by atoms with Crippen molar-refractivity contribution in [2.45, 2.75) is 19.1 Å². The first-order valence-electron chi connectivity index (χ1n) is 7.10. The van der Waals surface area contributed by atoms with Gasteiger partial charge in [-0.3, -0.25) is 14.4 Å². The van der Waals surface area contributed by atoms with Crippen LogP contribution in [0.2, 0.25) is 0 Å². The summed E-state index contributed by atoms with van der Waals surface area (Å²) < 4.78 is 5.08. The van der Waals surface area contributed by atoms with Crippen molar-refractivity contribution in [3.63, 3.8) is 0 Å². The number of anilines is 1. The largest absolute Gasteiger partial charge is 0.461 e. The minimum atomic E-state index is -1.09. The summed E-state index contributed by atoms with van der Waals surface area (Å²) in [6, 6.07) is 9.58. The van der Waals surface area contributed by atoms with E-state index < -0.39 is 23.8 Å². The SMILES string of the molecule is NC(=O)c1ccsc1NC(=O)[C@@H](N)CC(=O)OCc1ccccc1. The van der Waals surface area contributed by atoms with E-state index in [1.54, 1.807) is 5.38 Å². The molecule has 0 fully saturated rings. The van der Waals surface area contributed by atoms with E-state index in [4.69, 9.17) is 16.2 Å². The van der Waals surface area contributed by atoms with Gasteiger partial charge in [0.05, 0.1) is 18.0 Å². The number of hydrogen-bond acceptors (Lipinski definition) is 6. The normalized spacial score (nSPS) is 11.5. The van der Waals surface area contributed by atoms with Crippen LogP contribution in [0, 0.1) is 0 Å². The van der Waals surface area contributed by atoms with Crippen molar-refractivity contribution in [1.29, 1.82) is 0 Å². The fourth-order valence-corrected chi connectivity index (χ4v) is 2.67. The van der Waals surface area contributed by atoms with E-state index in [-0.39, 0.29) is 18.6 Å². The van der Waals surface area contributed by atoms with Gasteiger partial charge in [0.1, 0.15) is 11.6 Å². The highest BCUT2D eigenvalue weighted by atomic mass is 32.1. The van der Waals surface area contributed by atoms with E-state index in [1.165, 1.54) is 6.07 Å². The summed E-state index contributed by atoms with van der Waals surface area (Å²) in [5, 5.41) is 4.42. The summed E-state index contributed by atoms with van der Waals surface area (Å²) in [6.45, 7) is 0.116. The number of nitrogens with one attached hydrogen (secondary N) is 1. The number of rotatable bonds is 7. The fraction of sp³-hybridized carbons (Fsp3) is 0.188. The predicted molar refractivity (Wildman–Crippen MR) is 90.3 cm³/mol. The summed E-state index contributed by atoms with van der Waals surface area (Å²) in [7, 11) is 0. The van der Waals surface area contributed by atoms with Crippen molar-refractivity contribution in [3.8, 4) is 0 Å². The second kappa shape index (κ2) is 8.23. The van der Waals surface area contributed by atoms with Gasteiger partial charge < -0.3 is 21.5 Å². The van der Waals surface area contributed by atoms with Crippen LogP contribution in [0.1, 0.15) is 22.3 Å². The van der Waals surface area contributed by atoms with Crippen LogP contribution in [-0.2, 0) is 20.9 Å². The molecule has 0 radical (unpaired) electrons. The molecule has 5 N–H and O–H groups in total. The first-order valence-corrected chi connectivity index (χ1v) is 7.98. The van der Waals surface area contributed by atoms with Crippen LogP contribution < -0.4 is 16.8 Å². The van der Waals surface area contributed by atoms with E-state index in [2.05, 4.69) is 5.32 Å². The van der Waals surface area contributed by atoms with Crippen molar-refractivity contribution < 1.29 is 19.1 Å². The molecule has 0 aliphatic rings. The second-order valence-corrected chi connectivity index (χ2v) is 5.89. The number of nitrogens with two attached hydrogens (primary N) is 2. The molecule has 0 aliphatic carbocycles. The average molecular weight is 347 g/mol. The van der Waals surface area contributed by atoms with Crippen LogP contribution in [0.5, 0.6) is 0 Å². The summed E-state index contributed by atoms with van der Waals surface area (Å²) in [6.07, 6.45) is -0.268. The summed E-state index contributed by atoms with van der Waals surface area (Å²) in [4.78, 5) is 35.0. The molecule has 0 bridgehead atoms. The average Bonchev–Trinajstić information content (AvgIpc) is 3.02. The number of esters is 1. The molecule has 0 unspecified atom stereocenters. The molecule has 2 aromatic rings. The molecule has 126 valence electrons. The molecule has 0 saturated heterocycles. The van der Waals surface area contributed by atoms with Gasteiger partial charge in [0.2, 0.25) is 5.91 Å². The quantitative estimate of drug-likeness (QED) is 0.650. The third-order valence-corrected chi connectivity index (χ3v) is 3.96. The Morgan fingerprint density at radius 1 is 1.17 bits per heavy atom. The van der Waals surface area contributed by atoms with Gasteiger partial charge in [-0.15, -0.1) is 11.3 Å². The third kappa shape index (κ3) is 4.90. The predicted octanol–water partition coefficient (Wildman–Crippen LogP) is 1.25. The molecule has 2 amide bonds. The number of carbonyl (C=O) groups excluding carboxylic acids is 3. The standard InChI is InChI=1S/C16H17N3O4S/c17-12(8-13(20)23-9-10-4-2-1-3-5-10)15(22)19-16-11(14(18)21)6-7-24-16/h1-7,12H,8-9,17H2,(H2,18,21)(H,19,22)/t12-/m0/s1. The van der Waals surface area contributed by atoms with Gasteiger partial charge in [-0.05, 0) is 17.0 Å². The van der Waals surface area contributed by atoms with E-state index in [9.17, 15) is 14.4 Å². The molecule has 1 aromatic heterocycles. The van der Waals surface area contributed by atoms with Gasteiger partial charge >= 0.3 is 5.97 Å². The van der Waals surface area contributed by atoms with Gasteiger partial charge in [0.25, 0.3) is 5.91 Å². The first-order chi connectivity index (χ1) is 11.5. The van der Waals surface area contributed by atoms with Crippen LogP contribution in [0.3, 0.4) is 0 Å². The monoisotopic (exact) mass is 347 g/mol. The van der Waals surface area contributed by atoms with Crippen LogP contribution >= 0.6 is 11.3 Å². The molecule has 2 rings (SSSR count). The Labute approximate surface area is 142 Å². The molecule has 24 heavy (non-hydrogen) atoms. The maximum atomic E-state index is 12.0. The number of carbonyl (C=O) groups is 3. The summed E-state index contributed by atoms with van der Waals surface area (Å²) >= 11 is 1.15. The van der Waals surface area contributed by atoms with Gasteiger partial charge in [-0.2, -0.15) is 0 Å². The molecule has 1 heterocycles. The number of thiophene rings is 1. The Morgan fingerprint density at radius 2 is 1.88 bits per heavy atom. The third-order valence-electron chi connectivity index (χ3n) is 3.13. The maximum Gasteiger partial charge on any atom is 0.308 e.